The van der Waals surface area contributed by atoms with Gasteiger partial charge in [-0.15, -0.1) is 0 Å². The third kappa shape index (κ3) is 4.47. The Morgan fingerprint density at radius 1 is 1.08 bits per heavy atom. The summed E-state index contributed by atoms with van der Waals surface area (Å²) in [5, 5.41) is 13.6. The number of halogens is 1. The Balaban J connectivity index is 1.40. The van der Waals surface area contributed by atoms with Gasteiger partial charge in [0.05, 0.1) is 5.56 Å². The van der Waals surface area contributed by atoms with E-state index in [4.69, 9.17) is 4.74 Å². The molecule has 7 nitrogen and oxygen atoms in total. The lowest BCUT2D eigenvalue weighted by Crippen LogP contribution is -2.53. The number of nitrogens with one attached hydrogen (secondary N) is 1. The largest absolute Gasteiger partial charge is 0.380 e. The first kappa shape index (κ1) is 26.6. The number of aliphatic hydroxyl groups is 1. The highest BCUT2D eigenvalue weighted by Crippen LogP contribution is 2.53. The van der Waals surface area contributed by atoms with Crippen molar-refractivity contribution < 1.29 is 23.8 Å². The first-order chi connectivity index (χ1) is 18.3. The Bertz CT molecular complexity index is 1210. The molecular weight excluding hydrogens is 485 g/mol. The van der Waals surface area contributed by atoms with Crippen LogP contribution in [0.1, 0.15) is 73.4 Å². The fourth-order valence-corrected chi connectivity index (χ4v) is 6.56. The van der Waals surface area contributed by atoms with Crippen LogP contribution in [0.2, 0.25) is 0 Å². The van der Waals surface area contributed by atoms with Crippen LogP contribution in [0.4, 0.5) is 10.1 Å². The highest BCUT2D eigenvalue weighted by Gasteiger charge is 2.51. The van der Waals surface area contributed by atoms with Crippen molar-refractivity contribution >= 4 is 17.5 Å². The first-order valence-electron chi connectivity index (χ1n) is 13.8. The van der Waals surface area contributed by atoms with Gasteiger partial charge < -0.3 is 25.0 Å². The van der Waals surface area contributed by atoms with Crippen LogP contribution >= 0.6 is 0 Å². The van der Waals surface area contributed by atoms with Crippen molar-refractivity contribution in [2.75, 3.05) is 38.6 Å². The summed E-state index contributed by atoms with van der Waals surface area (Å²) in [6.45, 7) is 5.65. The van der Waals surface area contributed by atoms with Gasteiger partial charge >= 0.3 is 0 Å². The molecule has 1 saturated heterocycles. The van der Waals surface area contributed by atoms with Gasteiger partial charge in [0.15, 0.2) is 0 Å². The normalized spacial score (nSPS) is 25.9. The van der Waals surface area contributed by atoms with Crippen molar-refractivity contribution in [1.82, 2.24) is 9.80 Å². The second-order valence-corrected chi connectivity index (χ2v) is 10.9. The van der Waals surface area contributed by atoms with Crippen LogP contribution in [0.5, 0.6) is 0 Å². The van der Waals surface area contributed by atoms with Gasteiger partial charge in [0, 0.05) is 50.3 Å². The highest BCUT2D eigenvalue weighted by atomic mass is 19.1. The number of piperazine rings is 1. The van der Waals surface area contributed by atoms with E-state index in [1.54, 1.807) is 23.0 Å². The maximum atomic E-state index is 15.6. The Hall–Kier alpha value is -2.97. The molecule has 5 rings (SSSR count). The maximum absolute atomic E-state index is 15.6. The van der Waals surface area contributed by atoms with E-state index < -0.39 is 11.4 Å². The predicted molar refractivity (Wildman–Crippen MR) is 144 cm³/mol. The van der Waals surface area contributed by atoms with E-state index in [0.29, 0.717) is 39.0 Å². The van der Waals surface area contributed by atoms with Crippen LogP contribution in [0.25, 0.3) is 0 Å². The summed E-state index contributed by atoms with van der Waals surface area (Å²) in [5.74, 6) is -1.33. The number of amides is 2. The van der Waals surface area contributed by atoms with Gasteiger partial charge in [0.2, 0.25) is 0 Å². The summed E-state index contributed by atoms with van der Waals surface area (Å²) >= 11 is 0. The number of ether oxygens (including phenoxy) is 1. The molecule has 1 saturated carbocycles. The zero-order valence-electron chi connectivity index (χ0n) is 22.5. The van der Waals surface area contributed by atoms with Crippen LogP contribution in [0, 0.1) is 5.82 Å². The number of fused-ring (bicyclic) bond motifs is 1. The molecule has 2 heterocycles. The number of nitrogens with zero attached hydrogens (tertiary/aromatic N) is 2. The van der Waals surface area contributed by atoms with E-state index >= 15 is 4.39 Å². The number of methoxy groups -OCH3 is 1. The Morgan fingerprint density at radius 3 is 2.37 bits per heavy atom. The number of para-hydroxylation sites is 1. The number of hydrogen-bond acceptors (Lipinski definition) is 5. The lowest BCUT2D eigenvalue weighted by molar-refractivity contribution is -0.143. The van der Waals surface area contributed by atoms with Crippen LogP contribution in [-0.4, -0.2) is 71.8 Å². The molecule has 0 bridgehead atoms. The van der Waals surface area contributed by atoms with Crippen molar-refractivity contribution in [3.05, 3.63) is 65.0 Å². The molecule has 0 aromatic heterocycles. The molecule has 3 aliphatic rings. The number of benzene rings is 2. The van der Waals surface area contributed by atoms with Gasteiger partial charge in [-0.3, -0.25) is 9.59 Å². The molecular formula is C30H38FN3O4. The summed E-state index contributed by atoms with van der Waals surface area (Å²) in [4.78, 5) is 28.9. The third-order valence-electron chi connectivity index (χ3n) is 8.80. The van der Waals surface area contributed by atoms with Gasteiger partial charge in [-0.25, -0.2) is 4.39 Å². The average molecular weight is 524 g/mol. The van der Waals surface area contributed by atoms with Gasteiger partial charge in [-0.05, 0) is 55.0 Å². The maximum Gasteiger partial charge on any atom is 0.256 e. The fourth-order valence-electron chi connectivity index (χ4n) is 6.56. The molecule has 1 aliphatic carbocycles. The van der Waals surface area contributed by atoms with E-state index in [9.17, 15) is 14.7 Å². The molecule has 2 aliphatic heterocycles. The van der Waals surface area contributed by atoms with E-state index in [0.717, 1.165) is 30.5 Å². The van der Waals surface area contributed by atoms with E-state index in [1.165, 1.54) is 11.6 Å². The number of anilines is 1. The van der Waals surface area contributed by atoms with Crippen LogP contribution < -0.4 is 5.32 Å². The fraction of sp³-hybridized carbons (Fsp3) is 0.533. The standard InChI is InChI=1S/C30H38FN3O4/c1-4-12-29(5-2)22-8-6-7-9-24(22)32-26(38-3)25(29)20-10-11-21(23(31)19-20)27(35)33-15-17-34(18-16-33)28(36)30(37)13-14-30/h6-11,19,25-26,32,37H,4-5,12-18H2,1-3H3. The zero-order valence-corrected chi connectivity index (χ0v) is 22.5. The summed E-state index contributed by atoms with van der Waals surface area (Å²) in [5.41, 5.74) is 1.63. The molecule has 2 amide bonds. The van der Waals surface area contributed by atoms with E-state index in [1.807, 2.05) is 18.2 Å². The summed E-state index contributed by atoms with van der Waals surface area (Å²) < 4.78 is 21.6. The van der Waals surface area contributed by atoms with Crippen LogP contribution in [-0.2, 0) is 14.9 Å². The SMILES string of the molecule is CCCC1(CC)c2ccccc2NC(OC)C1c1ccc(C(=O)N2CCN(C(=O)C3(O)CC3)CC2)c(F)c1. The first-order valence-corrected chi connectivity index (χ1v) is 13.8. The second-order valence-electron chi connectivity index (χ2n) is 10.9. The number of carbonyl (C=O) groups excluding carboxylic acids is 2. The highest BCUT2D eigenvalue weighted by molar-refractivity contribution is 5.95. The smallest absolute Gasteiger partial charge is 0.256 e. The van der Waals surface area contributed by atoms with Gasteiger partial charge in [-0.2, -0.15) is 0 Å². The summed E-state index contributed by atoms with van der Waals surface area (Å²) in [6, 6.07) is 13.2. The van der Waals surface area contributed by atoms with Gasteiger partial charge in [-0.1, -0.05) is 44.5 Å². The van der Waals surface area contributed by atoms with E-state index in [2.05, 4.69) is 31.3 Å². The van der Waals surface area contributed by atoms with Gasteiger partial charge in [0.25, 0.3) is 11.8 Å². The molecule has 0 spiro atoms. The zero-order chi connectivity index (χ0) is 27.1. The Labute approximate surface area is 224 Å². The second kappa shape index (κ2) is 10.3. The summed E-state index contributed by atoms with van der Waals surface area (Å²) in [7, 11) is 1.67. The van der Waals surface area contributed by atoms with Crippen molar-refractivity contribution in [1.29, 1.82) is 0 Å². The predicted octanol–water partition coefficient (Wildman–Crippen LogP) is 4.26. The molecule has 2 aromatic rings. The molecule has 2 aromatic carbocycles. The monoisotopic (exact) mass is 523 g/mol. The van der Waals surface area contributed by atoms with Crippen molar-refractivity contribution in [2.45, 2.75) is 69.1 Å². The average Bonchev–Trinajstić information content (AvgIpc) is 3.70. The minimum Gasteiger partial charge on any atom is -0.380 e. The van der Waals surface area contributed by atoms with Gasteiger partial charge in [0.1, 0.15) is 17.6 Å². The van der Waals surface area contributed by atoms with Crippen molar-refractivity contribution in [2.24, 2.45) is 0 Å². The van der Waals surface area contributed by atoms with Crippen LogP contribution in [0.3, 0.4) is 0 Å². The molecule has 3 atom stereocenters. The molecule has 3 unspecified atom stereocenters. The summed E-state index contributed by atoms with van der Waals surface area (Å²) in [6.07, 6.45) is 3.40. The minimum absolute atomic E-state index is 0.0325. The number of rotatable bonds is 7. The molecule has 2 N–H and O–H groups in total. The minimum atomic E-state index is -1.21. The third-order valence-corrected chi connectivity index (χ3v) is 8.80. The molecule has 204 valence electrons. The Morgan fingerprint density at radius 2 is 1.76 bits per heavy atom. The molecule has 2 fully saturated rings. The lowest BCUT2D eigenvalue weighted by atomic mass is 9.60. The molecule has 0 radical (unpaired) electrons. The number of carbonyl (C=O) groups is 2. The Kier molecular flexibility index (Phi) is 7.22. The van der Waals surface area contributed by atoms with Crippen molar-refractivity contribution in [3.8, 4) is 0 Å². The number of hydrogen-bond donors (Lipinski definition) is 2. The topological polar surface area (TPSA) is 82.1 Å². The quantitative estimate of drug-likeness (QED) is 0.567. The lowest BCUT2D eigenvalue weighted by Gasteiger charge is -2.49. The van der Waals surface area contributed by atoms with E-state index in [-0.39, 0.29) is 34.9 Å². The molecule has 8 heteroatoms. The van der Waals surface area contributed by atoms with Crippen LogP contribution in [0.15, 0.2) is 42.5 Å². The molecule has 38 heavy (non-hydrogen) atoms. The van der Waals surface area contributed by atoms with Crippen molar-refractivity contribution in [3.63, 3.8) is 0 Å².